The molecule has 0 aromatic heterocycles. The zero-order valence-corrected chi connectivity index (χ0v) is 17.2. The average molecular weight is 374 g/mol. The number of ether oxygens (including phenoxy) is 1. The lowest BCUT2D eigenvalue weighted by atomic mass is 9.96. The minimum atomic E-state index is 0.0295. The molecule has 2 amide bonds. The molecule has 150 valence electrons. The summed E-state index contributed by atoms with van der Waals surface area (Å²) < 4.78 is 5.81. The summed E-state index contributed by atoms with van der Waals surface area (Å²) in [6.45, 7) is 4.93. The Labute approximate surface area is 164 Å². The van der Waals surface area contributed by atoms with Crippen molar-refractivity contribution in [1.29, 1.82) is 0 Å². The Bertz CT molecular complexity index is 620. The van der Waals surface area contributed by atoms with E-state index in [1.165, 1.54) is 24.0 Å². The molecule has 1 aliphatic heterocycles. The third kappa shape index (κ3) is 5.02. The predicted octanol–water partition coefficient (Wildman–Crippen LogP) is 3.56. The van der Waals surface area contributed by atoms with E-state index in [4.69, 9.17) is 4.74 Å². The van der Waals surface area contributed by atoms with E-state index in [1.54, 1.807) is 0 Å². The summed E-state index contributed by atoms with van der Waals surface area (Å²) in [5, 5.41) is 3.25. The van der Waals surface area contributed by atoms with E-state index in [2.05, 4.69) is 43.4 Å². The van der Waals surface area contributed by atoms with Gasteiger partial charge in [-0.2, -0.15) is 0 Å². The second-order valence-corrected chi connectivity index (χ2v) is 8.43. The normalized spacial score (nSPS) is 21.6. The predicted molar refractivity (Wildman–Crippen MR) is 109 cm³/mol. The van der Waals surface area contributed by atoms with Crippen LogP contribution in [0.5, 0.6) is 0 Å². The number of carbonyl (C=O) groups excluding carboxylic acids is 1. The van der Waals surface area contributed by atoms with Gasteiger partial charge in [-0.25, -0.2) is 4.79 Å². The molecule has 1 saturated heterocycles. The fourth-order valence-electron chi connectivity index (χ4n) is 4.41. The average Bonchev–Trinajstić information content (AvgIpc) is 3.33. The molecule has 1 unspecified atom stereocenters. The molecule has 1 saturated carbocycles. The first-order valence-corrected chi connectivity index (χ1v) is 10.4. The van der Waals surface area contributed by atoms with E-state index >= 15 is 0 Å². The van der Waals surface area contributed by atoms with E-state index in [-0.39, 0.29) is 17.7 Å². The van der Waals surface area contributed by atoms with Crippen LogP contribution in [0.3, 0.4) is 0 Å². The molecule has 1 atom stereocenters. The summed E-state index contributed by atoms with van der Waals surface area (Å²) in [5.74, 6) is 0. The standard InChI is InChI=1S/C22H35N3O2/c1-18-9-4-5-10-19(18)15-25(16-20-11-8-14-27-20)21(26)23-17-22(24(2)3)12-6-7-13-22/h4-5,9-10,20H,6-8,11-17H2,1-3H3,(H,23,26). The summed E-state index contributed by atoms with van der Waals surface area (Å²) in [7, 11) is 4.27. The Morgan fingerprint density at radius 3 is 2.59 bits per heavy atom. The highest BCUT2D eigenvalue weighted by Crippen LogP contribution is 2.33. The van der Waals surface area contributed by atoms with Crippen LogP contribution < -0.4 is 5.32 Å². The summed E-state index contributed by atoms with van der Waals surface area (Å²) in [6.07, 6.45) is 7.10. The smallest absolute Gasteiger partial charge is 0.317 e. The SMILES string of the molecule is Cc1ccccc1CN(CC1CCCO1)C(=O)NCC1(N(C)C)CCCC1. The van der Waals surface area contributed by atoms with Gasteiger partial charge in [-0.1, -0.05) is 37.1 Å². The molecule has 1 aliphatic carbocycles. The molecule has 3 rings (SSSR count). The number of likely N-dealkylation sites (N-methyl/N-ethyl adjacent to an activating group) is 1. The highest BCUT2D eigenvalue weighted by atomic mass is 16.5. The van der Waals surface area contributed by atoms with Gasteiger partial charge < -0.3 is 19.9 Å². The number of amides is 2. The van der Waals surface area contributed by atoms with Gasteiger partial charge in [0.05, 0.1) is 6.10 Å². The summed E-state index contributed by atoms with van der Waals surface area (Å²) in [6, 6.07) is 8.34. The number of carbonyl (C=O) groups is 1. The molecular formula is C22H35N3O2. The van der Waals surface area contributed by atoms with Crippen LogP contribution in [0.15, 0.2) is 24.3 Å². The molecule has 0 spiro atoms. The molecule has 1 aromatic rings. The molecule has 2 aliphatic rings. The van der Waals surface area contributed by atoms with Crippen molar-refractivity contribution in [3.63, 3.8) is 0 Å². The number of hydrogen-bond acceptors (Lipinski definition) is 3. The number of rotatable bonds is 7. The van der Waals surface area contributed by atoms with Gasteiger partial charge in [0.15, 0.2) is 0 Å². The monoisotopic (exact) mass is 373 g/mol. The third-order valence-electron chi connectivity index (χ3n) is 6.41. The number of nitrogens with one attached hydrogen (secondary N) is 1. The summed E-state index contributed by atoms with van der Waals surface area (Å²) in [5.41, 5.74) is 2.53. The first-order chi connectivity index (χ1) is 13.0. The van der Waals surface area contributed by atoms with E-state index in [0.29, 0.717) is 19.6 Å². The number of aryl methyl sites for hydroxylation is 1. The molecule has 5 nitrogen and oxygen atoms in total. The highest BCUT2D eigenvalue weighted by Gasteiger charge is 2.36. The van der Waals surface area contributed by atoms with Crippen molar-refractivity contribution in [2.45, 2.75) is 63.6 Å². The van der Waals surface area contributed by atoms with Crippen molar-refractivity contribution in [3.05, 3.63) is 35.4 Å². The van der Waals surface area contributed by atoms with Crippen LogP contribution in [-0.2, 0) is 11.3 Å². The molecule has 1 N–H and O–H groups in total. The Hall–Kier alpha value is -1.59. The molecule has 1 heterocycles. The number of urea groups is 1. The van der Waals surface area contributed by atoms with Crippen molar-refractivity contribution < 1.29 is 9.53 Å². The van der Waals surface area contributed by atoms with Gasteiger partial charge in [0.25, 0.3) is 0 Å². The molecule has 5 heteroatoms. The fraction of sp³-hybridized carbons (Fsp3) is 0.682. The molecule has 0 bridgehead atoms. The van der Waals surface area contributed by atoms with Crippen molar-refractivity contribution in [2.24, 2.45) is 0 Å². The Kier molecular flexibility index (Phi) is 6.77. The molecule has 1 aromatic carbocycles. The number of nitrogens with zero attached hydrogens (tertiary/aromatic N) is 2. The zero-order chi connectivity index (χ0) is 19.3. The van der Waals surface area contributed by atoms with Crippen molar-refractivity contribution in [3.8, 4) is 0 Å². The minimum absolute atomic E-state index is 0.0295. The molecule has 0 radical (unpaired) electrons. The fourth-order valence-corrected chi connectivity index (χ4v) is 4.41. The largest absolute Gasteiger partial charge is 0.376 e. The Balaban J connectivity index is 1.67. The zero-order valence-electron chi connectivity index (χ0n) is 17.2. The van der Waals surface area contributed by atoms with Gasteiger partial charge >= 0.3 is 6.03 Å². The topological polar surface area (TPSA) is 44.8 Å². The van der Waals surface area contributed by atoms with Gasteiger partial charge in [-0.3, -0.25) is 0 Å². The van der Waals surface area contributed by atoms with Crippen molar-refractivity contribution in [2.75, 3.05) is 33.8 Å². The molecular weight excluding hydrogens is 338 g/mol. The van der Waals surface area contributed by atoms with Gasteiger partial charge in [0, 0.05) is 31.8 Å². The van der Waals surface area contributed by atoms with Crippen LogP contribution in [0.2, 0.25) is 0 Å². The third-order valence-corrected chi connectivity index (χ3v) is 6.41. The maximum atomic E-state index is 13.1. The lowest BCUT2D eigenvalue weighted by Crippen LogP contribution is -2.53. The van der Waals surface area contributed by atoms with Gasteiger partial charge in [0.1, 0.15) is 0 Å². The highest BCUT2D eigenvalue weighted by molar-refractivity contribution is 5.74. The van der Waals surface area contributed by atoms with Gasteiger partial charge in [-0.05, 0) is 57.8 Å². The number of hydrogen-bond donors (Lipinski definition) is 1. The van der Waals surface area contributed by atoms with Crippen LogP contribution >= 0.6 is 0 Å². The van der Waals surface area contributed by atoms with Crippen LogP contribution in [-0.4, -0.2) is 61.3 Å². The van der Waals surface area contributed by atoms with Crippen LogP contribution in [0.25, 0.3) is 0 Å². The maximum Gasteiger partial charge on any atom is 0.317 e. The quantitative estimate of drug-likeness (QED) is 0.795. The second-order valence-electron chi connectivity index (χ2n) is 8.43. The van der Waals surface area contributed by atoms with Crippen molar-refractivity contribution in [1.82, 2.24) is 15.1 Å². The van der Waals surface area contributed by atoms with Gasteiger partial charge in [0.2, 0.25) is 0 Å². The maximum absolute atomic E-state index is 13.1. The number of benzene rings is 1. The second kappa shape index (κ2) is 9.07. The molecule has 2 fully saturated rings. The van der Waals surface area contributed by atoms with E-state index < -0.39 is 0 Å². The Morgan fingerprint density at radius 1 is 1.22 bits per heavy atom. The summed E-state index contributed by atoms with van der Waals surface area (Å²) in [4.78, 5) is 17.3. The minimum Gasteiger partial charge on any atom is -0.376 e. The van der Waals surface area contributed by atoms with E-state index in [1.807, 2.05) is 17.0 Å². The first-order valence-electron chi connectivity index (χ1n) is 10.4. The summed E-state index contributed by atoms with van der Waals surface area (Å²) >= 11 is 0. The van der Waals surface area contributed by atoms with Gasteiger partial charge in [-0.15, -0.1) is 0 Å². The van der Waals surface area contributed by atoms with Crippen molar-refractivity contribution >= 4 is 6.03 Å². The van der Waals surface area contributed by atoms with Crippen LogP contribution in [0.1, 0.15) is 49.7 Å². The molecule has 27 heavy (non-hydrogen) atoms. The van der Waals surface area contributed by atoms with E-state index in [9.17, 15) is 4.79 Å². The lowest BCUT2D eigenvalue weighted by Gasteiger charge is -2.37. The lowest BCUT2D eigenvalue weighted by molar-refractivity contribution is 0.0777. The first kappa shape index (κ1) is 20.2. The van der Waals surface area contributed by atoms with E-state index in [0.717, 1.165) is 32.3 Å². The Morgan fingerprint density at radius 2 is 1.96 bits per heavy atom. The van der Waals surface area contributed by atoms with Crippen LogP contribution in [0, 0.1) is 6.92 Å². The van der Waals surface area contributed by atoms with Crippen LogP contribution in [0.4, 0.5) is 4.79 Å².